The molecule has 0 bridgehead atoms. The fraction of sp³-hybridized carbons (Fsp3) is 0.333. The Morgan fingerprint density at radius 3 is 2.27 bits per heavy atom. The minimum atomic E-state index is -0.366. The van der Waals surface area contributed by atoms with E-state index >= 15 is 0 Å². The number of carbonyl (C=O) groups excluding carboxylic acids is 2. The fourth-order valence-electron chi connectivity index (χ4n) is 2.58. The lowest BCUT2D eigenvalue weighted by Crippen LogP contribution is -2.28. The lowest BCUT2D eigenvalue weighted by atomic mass is 10.1. The van der Waals surface area contributed by atoms with E-state index < -0.39 is 0 Å². The van der Waals surface area contributed by atoms with Gasteiger partial charge in [0, 0.05) is 32.0 Å². The van der Waals surface area contributed by atoms with E-state index in [-0.39, 0.29) is 23.9 Å². The van der Waals surface area contributed by atoms with Gasteiger partial charge >= 0.3 is 0 Å². The first-order valence-corrected chi connectivity index (χ1v) is 8.65. The summed E-state index contributed by atoms with van der Waals surface area (Å²) in [5.74, 6) is 0.392. The van der Waals surface area contributed by atoms with Gasteiger partial charge in [-0.1, -0.05) is 12.1 Å². The lowest BCUT2D eigenvalue weighted by molar-refractivity contribution is -0.129. The van der Waals surface area contributed by atoms with Crippen molar-refractivity contribution >= 4 is 11.7 Å². The van der Waals surface area contributed by atoms with E-state index in [2.05, 4.69) is 0 Å². The molecule has 0 fully saturated rings. The molecule has 26 heavy (non-hydrogen) atoms. The zero-order valence-corrected chi connectivity index (χ0v) is 15.2. The molecule has 2 aromatic carbocycles. The van der Waals surface area contributed by atoms with E-state index in [1.165, 1.54) is 24.3 Å². The van der Waals surface area contributed by atoms with Crippen molar-refractivity contribution < 1.29 is 18.7 Å². The number of methoxy groups -OCH3 is 1. The predicted molar refractivity (Wildman–Crippen MR) is 98.9 cm³/mol. The van der Waals surface area contributed by atoms with Crippen molar-refractivity contribution in [2.75, 3.05) is 20.7 Å². The number of hydrogen-bond donors (Lipinski definition) is 0. The van der Waals surface area contributed by atoms with E-state index in [9.17, 15) is 14.0 Å². The highest BCUT2D eigenvalue weighted by Gasteiger charge is 2.11. The average molecular weight is 357 g/mol. The summed E-state index contributed by atoms with van der Waals surface area (Å²) in [6.45, 7) is 0.622. The van der Waals surface area contributed by atoms with Gasteiger partial charge in [-0.2, -0.15) is 0 Å². The van der Waals surface area contributed by atoms with Gasteiger partial charge in [0.15, 0.2) is 5.78 Å². The van der Waals surface area contributed by atoms with Crippen molar-refractivity contribution in [3.63, 3.8) is 0 Å². The summed E-state index contributed by atoms with van der Waals surface area (Å²) in [7, 11) is 3.40. The SMILES string of the molecule is COc1ccc(CCN(C)C(=O)CCCC(=O)c2ccc(F)cc2)cc1. The topological polar surface area (TPSA) is 46.6 Å². The van der Waals surface area contributed by atoms with Gasteiger partial charge in [0.25, 0.3) is 0 Å². The number of ether oxygens (including phenoxy) is 1. The number of halogens is 1. The first kappa shape index (κ1) is 19.6. The van der Waals surface area contributed by atoms with Crippen LogP contribution in [0.3, 0.4) is 0 Å². The van der Waals surface area contributed by atoms with E-state index in [4.69, 9.17) is 4.74 Å². The van der Waals surface area contributed by atoms with E-state index in [1.807, 2.05) is 24.3 Å². The molecule has 138 valence electrons. The zero-order chi connectivity index (χ0) is 18.9. The van der Waals surface area contributed by atoms with Crippen LogP contribution >= 0.6 is 0 Å². The number of nitrogens with zero attached hydrogens (tertiary/aromatic N) is 1. The summed E-state index contributed by atoms with van der Waals surface area (Å²) in [5.41, 5.74) is 1.61. The molecule has 0 aromatic heterocycles. The molecule has 0 saturated heterocycles. The Hall–Kier alpha value is -2.69. The maximum Gasteiger partial charge on any atom is 0.222 e. The van der Waals surface area contributed by atoms with Crippen LogP contribution in [-0.4, -0.2) is 37.3 Å². The van der Waals surface area contributed by atoms with Crippen LogP contribution in [0.25, 0.3) is 0 Å². The minimum Gasteiger partial charge on any atom is -0.497 e. The molecule has 0 N–H and O–H groups in total. The third-order valence-corrected chi connectivity index (χ3v) is 4.28. The van der Waals surface area contributed by atoms with Gasteiger partial charge in [-0.15, -0.1) is 0 Å². The Kier molecular flexibility index (Phi) is 7.33. The van der Waals surface area contributed by atoms with Gasteiger partial charge in [-0.25, -0.2) is 4.39 Å². The van der Waals surface area contributed by atoms with Crippen LogP contribution in [-0.2, 0) is 11.2 Å². The number of carbonyl (C=O) groups is 2. The Morgan fingerprint density at radius 1 is 1.00 bits per heavy atom. The Labute approximate surface area is 153 Å². The summed E-state index contributed by atoms with van der Waals surface area (Å²) in [6, 6.07) is 13.3. The maximum absolute atomic E-state index is 12.9. The molecule has 1 amide bonds. The third kappa shape index (κ3) is 5.99. The van der Waals surface area contributed by atoms with Crippen LogP contribution in [0, 0.1) is 5.82 Å². The Balaban J connectivity index is 1.71. The zero-order valence-electron chi connectivity index (χ0n) is 15.2. The van der Waals surface area contributed by atoms with Gasteiger partial charge < -0.3 is 9.64 Å². The second-order valence-corrected chi connectivity index (χ2v) is 6.20. The van der Waals surface area contributed by atoms with Crippen molar-refractivity contribution in [2.45, 2.75) is 25.7 Å². The third-order valence-electron chi connectivity index (χ3n) is 4.28. The molecule has 0 atom stereocenters. The Bertz CT molecular complexity index is 726. The summed E-state index contributed by atoms with van der Waals surface area (Å²) < 4.78 is 18.0. The van der Waals surface area contributed by atoms with Crippen molar-refractivity contribution in [3.8, 4) is 5.75 Å². The number of ketones is 1. The lowest BCUT2D eigenvalue weighted by Gasteiger charge is -2.17. The average Bonchev–Trinajstić information content (AvgIpc) is 2.66. The molecular formula is C21H24FNO3. The van der Waals surface area contributed by atoms with E-state index in [0.29, 0.717) is 24.9 Å². The first-order valence-electron chi connectivity index (χ1n) is 8.65. The second kappa shape index (κ2) is 9.70. The summed E-state index contributed by atoms with van der Waals surface area (Å²) in [5, 5.41) is 0. The number of Topliss-reactive ketones (excluding diaryl/α,β-unsaturated/α-hetero) is 1. The van der Waals surface area contributed by atoms with Crippen LogP contribution < -0.4 is 4.74 Å². The molecule has 2 aromatic rings. The van der Waals surface area contributed by atoms with E-state index in [1.54, 1.807) is 19.1 Å². The molecule has 0 spiro atoms. The van der Waals surface area contributed by atoms with Gasteiger partial charge in [0.1, 0.15) is 11.6 Å². The van der Waals surface area contributed by atoms with Crippen molar-refractivity contribution in [3.05, 3.63) is 65.5 Å². The summed E-state index contributed by atoms with van der Waals surface area (Å²) >= 11 is 0. The normalized spacial score (nSPS) is 10.4. The molecule has 0 aliphatic heterocycles. The molecule has 0 aliphatic rings. The number of rotatable bonds is 9. The van der Waals surface area contributed by atoms with Crippen LogP contribution in [0.15, 0.2) is 48.5 Å². The maximum atomic E-state index is 12.9. The molecule has 0 unspecified atom stereocenters. The monoisotopic (exact) mass is 357 g/mol. The number of likely N-dealkylation sites (N-methyl/N-ethyl adjacent to an activating group) is 1. The van der Waals surface area contributed by atoms with Gasteiger partial charge in [0.05, 0.1) is 7.11 Å². The standard InChI is InChI=1S/C21H24FNO3/c1-23(15-14-16-6-12-19(26-2)13-7-16)21(25)5-3-4-20(24)17-8-10-18(22)11-9-17/h6-13H,3-5,14-15H2,1-2H3. The molecular weight excluding hydrogens is 333 g/mol. The number of benzene rings is 2. The highest BCUT2D eigenvalue weighted by molar-refractivity contribution is 5.96. The summed E-state index contributed by atoms with van der Waals surface area (Å²) in [4.78, 5) is 25.9. The number of amides is 1. The fourth-order valence-corrected chi connectivity index (χ4v) is 2.58. The van der Waals surface area contributed by atoms with Gasteiger partial charge in [-0.3, -0.25) is 9.59 Å². The van der Waals surface area contributed by atoms with Crippen LogP contribution in [0.4, 0.5) is 4.39 Å². The predicted octanol–water partition coefficient (Wildman–Crippen LogP) is 3.89. The molecule has 0 saturated carbocycles. The van der Waals surface area contributed by atoms with E-state index in [0.717, 1.165) is 17.7 Å². The molecule has 2 rings (SSSR count). The van der Waals surface area contributed by atoms with Crippen LogP contribution in [0.5, 0.6) is 5.75 Å². The molecule has 5 heteroatoms. The Morgan fingerprint density at radius 2 is 1.65 bits per heavy atom. The van der Waals surface area contributed by atoms with Crippen molar-refractivity contribution in [1.82, 2.24) is 4.90 Å². The molecule has 0 radical (unpaired) electrons. The largest absolute Gasteiger partial charge is 0.497 e. The van der Waals surface area contributed by atoms with Gasteiger partial charge in [0.2, 0.25) is 5.91 Å². The smallest absolute Gasteiger partial charge is 0.222 e. The summed E-state index contributed by atoms with van der Waals surface area (Å²) in [6.07, 6.45) is 1.86. The quantitative estimate of drug-likeness (QED) is 0.640. The van der Waals surface area contributed by atoms with Gasteiger partial charge in [-0.05, 0) is 54.8 Å². The van der Waals surface area contributed by atoms with Crippen LogP contribution in [0.2, 0.25) is 0 Å². The second-order valence-electron chi connectivity index (χ2n) is 6.20. The van der Waals surface area contributed by atoms with Crippen LogP contribution in [0.1, 0.15) is 35.2 Å². The van der Waals surface area contributed by atoms with Crippen molar-refractivity contribution in [2.24, 2.45) is 0 Å². The number of hydrogen-bond acceptors (Lipinski definition) is 3. The molecule has 0 aliphatic carbocycles. The minimum absolute atomic E-state index is 0.0189. The van der Waals surface area contributed by atoms with Crippen molar-refractivity contribution in [1.29, 1.82) is 0 Å². The molecule has 0 heterocycles. The highest BCUT2D eigenvalue weighted by atomic mass is 19.1. The molecule has 4 nitrogen and oxygen atoms in total. The highest BCUT2D eigenvalue weighted by Crippen LogP contribution is 2.13. The first-order chi connectivity index (χ1) is 12.5.